The van der Waals surface area contributed by atoms with E-state index < -0.39 is 0 Å². The van der Waals surface area contributed by atoms with Crippen LogP contribution in [0.5, 0.6) is 0 Å². The average molecular weight is 272 g/mol. The van der Waals surface area contributed by atoms with E-state index in [4.69, 9.17) is 16.3 Å². The normalized spacial score (nSPS) is 24.4. The van der Waals surface area contributed by atoms with Crippen LogP contribution in [0.15, 0.2) is 0 Å². The Bertz CT molecular complexity index is 442. The molecular weight excluding hydrogens is 254 g/mol. The van der Waals surface area contributed by atoms with Gasteiger partial charge < -0.3 is 14.7 Å². The number of aromatic nitrogens is 2. The van der Waals surface area contributed by atoms with E-state index in [0.29, 0.717) is 24.1 Å². The SMILES string of the molecule is Cc1nc(Cl)c(C)c(N2CC(CO)OCC2C)n1. The Hall–Kier alpha value is -0.910. The number of rotatable bonds is 2. The van der Waals surface area contributed by atoms with E-state index in [1.807, 2.05) is 13.8 Å². The smallest absolute Gasteiger partial charge is 0.137 e. The first-order chi connectivity index (χ1) is 8.52. The van der Waals surface area contributed by atoms with Gasteiger partial charge in [-0.2, -0.15) is 0 Å². The Morgan fingerprint density at radius 3 is 2.83 bits per heavy atom. The quantitative estimate of drug-likeness (QED) is 0.823. The fraction of sp³-hybridized carbons (Fsp3) is 0.667. The van der Waals surface area contributed by atoms with Crippen molar-refractivity contribution in [2.45, 2.75) is 32.9 Å². The molecule has 0 amide bonds. The lowest BCUT2D eigenvalue weighted by molar-refractivity contribution is -0.0106. The van der Waals surface area contributed by atoms with E-state index in [1.165, 1.54) is 0 Å². The molecule has 100 valence electrons. The number of morpholine rings is 1. The minimum Gasteiger partial charge on any atom is -0.394 e. The zero-order valence-electron chi connectivity index (χ0n) is 10.9. The molecule has 5 nitrogen and oxygen atoms in total. The summed E-state index contributed by atoms with van der Waals surface area (Å²) in [6.45, 7) is 7.01. The molecule has 0 aliphatic carbocycles. The Kier molecular flexibility index (Phi) is 4.04. The fourth-order valence-corrected chi connectivity index (χ4v) is 2.29. The third-order valence-electron chi connectivity index (χ3n) is 3.15. The van der Waals surface area contributed by atoms with Crippen molar-refractivity contribution >= 4 is 17.4 Å². The van der Waals surface area contributed by atoms with E-state index in [9.17, 15) is 5.11 Å². The van der Waals surface area contributed by atoms with Crippen LogP contribution in [-0.4, -0.2) is 47.0 Å². The molecule has 1 aromatic heterocycles. The van der Waals surface area contributed by atoms with Gasteiger partial charge in [-0.15, -0.1) is 0 Å². The lowest BCUT2D eigenvalue weighted by Crippen LogP contribution is -2.50. The summed E-state index contributed by atoms with van der Waals surface area (Å²) in [6.07, 6.45) is -0.172. The van der Waals surface area contributed by atoms with E-state index in [-0.39, 0.29) is 18.8 Å². The molecule has 2 atom stereocenters. The van der Waals surface area contributed by atoms with Crippen LogP contribution in [0.3, 0.4) is 0 Å². The summed E-state index contributed by atoms with van der Waals surface area (Å²) in [5, 5.41) is 9.69. The molecule has 1 fully saturated rings. The average Bonchev–Trinajstić information content (AvgIpc) is 2.34. The molecule has 6 heteroatoms. The number of aryl methyl sites for hydroxylation is 1. The second-order valence-electron chi connectivity index (χ2n) is 4.65. The van der Waals surface area contributed by atoms with Crippen molar-refractivity contribution in [1.82, 2.24) is 9.97 Å². The largest absolute Gasteiger partial charge is 0.394 e. The van der Waals surface area contributed by atoms with Crippen molar-refractivity contribution in [2.75, 3.05) is 24.7 Å². The zero-order valence-corrected chi connectivity index (χ0v) is 11.6. The highest BCUT2D eigenvalue weighted by atomic mass is 35.5. The molecule has 0 aromatic carbocycles. The van der Waals surface area contributed by atoms with Crippen molar-refractivity contribution in [3.8, 4) is 0 Å². The maximum absolute atomic E-state index is 9.21. The molecule has 1 aliphatic rings. The van der Waals surface area contributed by atoms with Crippen LogP contribution in [0, 0.1) is 13.8 Å². The third-order valence-corrected chi connectivity index (χ3v) is 3.52. The van der Waals surface area contributed by atoms with E-state index in [2.05, 4.69) is 21.8 Å². The van der Waals surface area contributed by atoms with E-state index in [1.54, 1.807) is 0 Å². The van der Waals surface area contributed by atoms with Gasteiger partial charge in [0.1, 0.15) is 16.8 Å². The van der Waals surface area contributed by atoms with Crippen LogP contribution in [0.4, 0.5) is 5.82 Å². The van der Waals surface area contributed by atoms with Crippen molar-refractivity contribution < 1.29 is 9.84 Å². The summed E-state index contributed by atoms with van der Waals surface area (Å²) in [5.41, 5.74) is 0.868. The monoisotopic (exact) mass is 271 g/mol. The molecule has 2 rings (SSSR count). The van der Waals surface area contributed by atoms with Gasteiger partial charge in [-0.3, -0.25) is 0 Å². The van der Waals surface area contributed by atoms with Crippen LogP contribution in [0.25, 0.3) is 0 Å². The van der Waals surface area contributed by atoms with Crippen molar-refractivity contribution in [1.29, 1.82) is 0 Å². The van der Waals surface area contributed by atoms with Crippen LogP contribution < -0.4 is 4.90 Å². The Morgan fingerprint density at radius 2 is 2.17 bits per heavy atom. The van der Waals surface area contributed by atoms with Gasteiger partial charge >= 0.3 is 0 Å². The van der Waals surface area contributed by atoms with Gasteiger partial charge in [-0.1, -0.05) is 11.6 Å². The topological polar surface area (TPSA) is 58.5 Å². The number of aliphatic hydroxyl groups excluding tert-OH is 1. The molecule has 2 heterocycles. The highest BCUT2D eigenvalue weighted by Gasteiger charge is 2.28. The zero-order chi connectivity index (χ0) is 13.3. The Morgan fingerprint density at radius 1 is 1.44 bits per heavy atom. The molecule has 0 spiro atoms. The second kappa shape index (κ2) is 5.38. The summed E-state index contributed by atoms with van der Waals surface area (Å²) in [7, 11) is 0. The molecule has 1 aromatic rings. The van der Waals surface area contributed by atoms with Crippen molar-refractivity contribution in [2.24, 2.45) is 0 Å². The molecule has 0 bridgehead atoms. The van der Waals surface area contributed by atoms with E-state index in [0.717, 1.165) is 11.4 Å². The maximum atomic E-state index is 9.21. The lowest BCUT2D eigenvalue weighted by atomic mass is 10.1. The molecule has 1 saturated heterocycles. The van der Waals surface area contributed by atoms with Gasteiger partial charge in [0.25, 0.3) is 0 Å². The van der Waals surface area contributed by atoms with Gasteiger partial charge in [0.15, 0.2) is 0 Å². The first-order valence-electron chi connectivity index (χ1n) is 6.02. The second-order valence-corrected chi connectivity index (χ2v) is 5.01. The van der Waals surface area contributed by atoms with Gasteiger partial charge in [0, 0.05) is 12.1 Å². The van der Waals surface area contributed by atoms with Gasteiger partial charge in [-0.05, 0) is 20.8 Å². The molecule has 18 heavy (non-hydrogen) atoms. The standard InChI is InChI=1S/C12H18ClN3O2/c1-7-6-18-10(5-17)4-16(7)12-8(2)11(13)14-9(3)15-12/h7,10,17H,4-6H2,1-3H3. The molecule has 0 radical (unpaired) electrons. The number of ether oxygens (including phenoxy) is 1. The van der Waals surface area contributed by atoms with Crippen LogP contribution in [-0.2, 0) is 4.74 Å². The fourth-order valence-electron chi connectivity index (χ4n) is 2.08. The highest BCUT2D eigenvalue weighted by Crippen LogP contribution is 2.27. The number of halogens is 1. The Balaban J connectivity index is 2.34. The molecule has 2 unspecified atom stereocenters. The molecular formula is C12H18ClN3O2. The van der Waals surface area contributed by atoms with Gasteiger partial charge in [-0.25, -0.2) is 9.97 Å². The molecule has 1 N–H and O–H groups in total. The van der Waals surface area contributed by atoms with Crippen molar-refractivity contribution in [3.05, 3.63) is 16.5 Å². The number of aliphatic hydroxyl groups is 1. The van der Waals surface area contributed by atoms with Gasteiger partial charge in [0.05, 0.1) is 25.4 Å². The summed E-state index contributed by atoms with van der Waals surface area (Å²) < 4.78 is 5.52. The minimum atomic E-state index is -0.172. The molecule has 0 saturated carbocycles. The summed E-state index contributed by atoms with van der Waals surface area (Å²) >= 11 is 6.10. The van der Waals surface area contributed by atoms with Gasteiger partial charge in [0.2, 0.25) is 0 Å². The first kappa shape index (κ1) is 13.5. The number of hydrogen-bond acceptors (Lipinski definition) is 5. The highest BCUT2D eigenvalue weighted by molar-refractivity contribution is 6.30. The summed E-state index contributed by atoms with van der Waals surface area (Å²) in [6, 6.07) is 0.205. The molecule has 1 aliphatic heterocycles. The third kappa shape index (κ3) is 2.58. The summed E-state index contributed by atoms with van der Waals surface area (Å²) in [4.78, 5) is 10.7. The number of anilines is 1. The Labute approximate surface area is 112 Å². The lowest BCUT2D eigenvalue weighted by Gasteiger charge is -2.39. The van der Waals surface area contributed by atoms with Crippen molar-refractivity contribution in [3.63, 3.8) is 0 Å². The van der Waals surface area contributed by atoms with E-state index >= 15 is 0 Å². The van der Waals surface area contributed by atoms with Crippen LogP contribution >= 0.6 is 11.6 Å². The predicted molar refractivity (Wildman–Crippen MR) is 70.1 cm³/mol. The maximum Gasteiger partial charge on any atom is 0.137 e. The minimum absolute atomic E-state index is 0.0140. The predicted octanol–water partition coefficient (Wildman–Crippen LogP) is 1.33. The van der Waals surface area contributed by atoms with Crippen LogP contribution in [0.1, 0.15) is 18.3 Å². The van der Waals surface area contributed by atoms with Crippen LogP contribution in [0.2, 0.25) is 5.15 Å². The number of nitrogens with zero attached hydrogens (tertiary/aromatic N) is 3. The number of hydrogen-bond donors (Lipinski definition) is 1. The summed E-state index contributed by atoms with van der Waals surface area (Å²) in [5.74, 6) is 1.49. The first-order valence-corrected chi connectivity index (χ1v) is 6.40.